The highest BCUT2D eigenvalue weighted by Crippen LogP contribution is 2.24. The molecule has 0 aliphatic rings. The van der Waals surface area contributed by atoms with Gasteiger partial charge in [0.2, 0.25) is 0 Å². The minimum Gasteiger partial charge on any atom is -0.468 e. The molecular weight excluding hydrogens is 222 g/mol. The summed E-state index contributed by atoms with van der Waals surface area (Å²) in [5, 5.41) is 3.68. The van der Waals surface area contributed by atoms with E-state index >= 15 is 0 Å². The smallest absolute Gasteiger partial charge is 0.120 e. The van der Waals surface area contributed by atoms with E-state index in [2.05, 4.69) is 49.5 Å². The van der Waals surface area contributed by atoms with E-state index in [-0.39, 0.29) is 6.04 Å². The van der Waals surface area contributed by atoms with E-state index < -0.39 is 0 Å². The van der Waals surface area contributed by atoms with Crippen LogP contribution in [0.25, 0.3) is 0 Å². The van der Waals surface area contributed by atoms with Crippen molar-refractivity contribution in [2.45, 2.75) is 38.8 Å². The molecule has 1 aromatic carbocycles. The lowest BCUT2D eigenvalue weighted by molar-refractivity contribution is 0.362. The standard InChI is InChI=1S/C16H21NO/c1-3-14(13-9-6-5-7-10-13)17-15(4-2)16-11-8-12-18-16/h5-12,14-15,17H,3-4H2,1-2H3. The maximum absolute atomic E-state index is 5.51. The molecule has 0 aliphatic heterocycles. The Morgan fingerprint density at radius 3 is 2.22 bits per heavy atom. The molecule has 0 aliphatic carbocycles. The molecule has 2 unspecified atom stereocenters. The zero-order chi connectivity index (χ0) is 12.8. The van der Waals surface area contributed by atoms with Crippen molar-refractivity contribution in [3.63, 3.8) is 0 Å². The summed E-state index contributed by atoms with van der Waals surface area (Å²) in [6.45, 7) is 4.39. The monoisotopic (exact) mass is 243 g/mol. The molecule has 18 heavy (non-hydrogen) atoms. The molecule has 0 radical (unpaired) electrons. The largest absolute Gasteiger partial charge is 0.468 e. The summed E-state index contributed by atoms with van der Waals surface area (Å²) in [5.41, 5.74) is 1.34. The average Bonchev–Trinajstić information content (AvgIpc) is 2.95. The first-order valence-corrected chi connectivity index (χ1v) is 6.69. The highest BCUT2D eigenvalue weighted by atomic mass is 16.3. The first-order valence-electron chi connectivity index (χ1n) is 6.69. The van der Waals surface area contributed by atoms with Crippen LogP contribution in [-0.4, -0.2) is 0 Å². The van der Waals surface area contributed by atoms with E-state index in [1.165, 1.54) is 5.56 Å². The van der Waals surface area contributed by atoms with Crippen LogP contribution < -0.4 is 5.32 Å². The molecule has 2 heteroatoms. The van der Waals surface area contributed by atoms with E-state index in [1.54, 1.807) is 6.26 Å². The van der Waals surface area contributed by atoms with Gasteiger partial charge in [-0.1, -0.05) is 44.2 Å². The lowest BCUT2D eigenvalue weighted by Gasteiger charge is -2.23. The van der Waals surface area contributed by atoms with Crippen LogP contribution in [0.3, 0.4) is 0 Å². The maximum Gasteiger partial charge on any atom is 0.120 e. The van der Waals surface area contributed by atoms with Crippen molar-refractivity contribution in [3.8, 4) is 0 Å². The van der Waals surface area contributed by atoms with Gasteiger partial charge >= 0.3 is 0 Å². The molecule has 0 saturated carbocycles. The minimum absolute atomic E-state index is 0.283. The van der Waals surface area contributed by atoms with Crippen LogP contribution in [0.2, 0.25) is 0 Å². The minimum atomic E-state index is 0.283. The topological polar surface area (TPSA) is 25.2 Å². The van der Waals surface area contributed by atoms with Gasteiger partial charge in [0.1, 0.15) is 5.76 Å². The van der Waals surface area contributed by atoms with Gasteiger partial charge in [0.15, 0.2) is 0 Å². The first kappa shape index (κ1) is 12.9. The van der Waals surface area contributed by atoms with E-state index in [4.69, 9.17) is 4.42 Å². The summed E-state index contributed by atoms with van der Waals surface area (Å²) in [6, 6.07) is 15.2. The fraction of sp³-hybridized carbons (Fsp3) is 0.375. The molecule has 0 bridgehead atoms. The molecule has 0 spiro atoms. The molecular formula is C16H21NO. The fourth-order valence-electron chi connectivity index (χ4n) is 2.27. The highest BCUT2D eigenvalue weighted by Gasteiger charge is 2.17. The van der Waals surface area contributed by atoms with Gasteiger partial charge in [-0.2, -0.15) is 0 Å². The predicted octanol–water partition coefficient (Wildman–Crippen LogP) is 4.47. The molecule has 0 saturated heterocycles. The lowest BCUT2D eigenvalue weighted by Crippen LogP contribution is -2.25. The molecule has 2 nitrogen and oxygen atoms in total. The Morgan fingerprint density at radius 1 is 0.944 bits per heavy atom. The van der Waals surface area contributed by atoms with Crippen molar-refractivity contribution in [1.29, 1.82) is 0 Å². The van der Waals surface area contributed by atoms with Crippen molar-refractivity contribution >= 4 is 0 Å². The van der Waals surface area contributed by atoms with Crippen LogP contribution in [0.5, 0.6) is 0 Å². The second-order valence-electron chi connectivity index (χ2n) is 4.51. The summed E-state index contributed by atoms with van der Waals surface area (Å²) < 4.78 is 5.51. The van der Waals surface area contributed by atoms with Crippen molar-refractivity contribution < 1.29 is 4.42 Å². The molecule has 2 rings (SSSR count). The van der Waals surface area contributed by atoms with E-state index in [0.29, 0.717) is 6.04 Å². The third-order valence-corrected chi connectivity index (χ3v) is 3.31. The second kappa shape index (κ2) is 6.41. The number of hydrogen-bond acceptors (Lipinski definition) is 2. The molecule has 96 valence electrons. The van der Waals surface area contributed by atoms with E-state index in [9.17, 15) is 0 Å². The van der Waals surface area contributed by atoms with Crippen molar-refractivity contribution in [2.75, 3.05) is 0 Å². The van der Waals surface area contributed by atoms with Gasteiger partial charge in [-0.25, -0.2) is 0 Å². The Kier molecular flexibility index (Phi) is 4.59. The molecule has 0 amide bonds. The molecule has 1 N–H and O–H groups in total. The van der Waals surface area contributed by atoms with Crippen LogP contribution in [-0.2, 0) is 0 Å². The first-order chi connectivity index (χ1) is 8.85. The Hall–Kier alpha value is -1.54. The number of benzene rings is 1. The lowest BCUT2D eigenvalue weighted by atomic mass is 10.0. The van der Waals surface area contributed by atoms with Gasteiger partial charge in [0, 0.05) is 6.04 Å². The van der Waals surface area contributed by atoms with Crippen molar-refractivity contribution in [2.24, 2.45) is 0 Å². The summed E-state index contributed by atoms with van der Waals surface area (Å²) in [6.07, 6.45) is 3.83. The normalized spacial score (nSPS) is 14.3. The Bertz CT molecular complexity index is 435. The van der Waals surface area contributed by atoms with Crippen LogP contribution in [0, 0.1) is 0 Å². The SMILES string of the molecule is CCC(NC(CC)c1ccco1)c1ccccc1. The van der Waals surface area contributed by atoms with E-state index in [1.807, 2.05) is 12.1 Å². The molecule has 2 aromatic rings. The number of hydrogen-bond donors (Lipinski definition) is 1. The van der Waals surface area contributed by atoms with Gasteiger partial charge < -0.3 is 9.73 Å². The Morgan fingerprint density at radius 2 is 1.67 bits per heavy atom. The summed E-state index contributed by atoms with van der Waals surface area (Å²) in [7, 11) is 0. The zero-order valence-electron chi connectivity index (χ0n) is 11.1. The molecule has 1 heterocycles. The second-order valence-corrected chi connectivity index (χ2v) is 4.51. The van der Waals surface area contributed by atoms with Crippen molar-refractivity contribution in [3.05, 3.63) is 60.1 Å². The fourth-order valence-corrected chi connectivity index (χ4v) is 2.27. The third-order valence-electron chi connectivity index (χ3n) is 3.31. The molecule has 1 aromatic heterocycles. The van der Waals surface area contributed by atoms with Gasteiger partial charge in [-0.3, -0.25) is 0 Å². The summed E-state index contributed by atoms with van der Waals surface area (Å²) in [4.78, 5) is 0. The zero-order valence-corrected chi connectivity index (χ0v) is 11.1. The average molecular weight is 243 g/mol. The molecule has 0 fully saturated rings. The molecule has 2 atom stereocenters. The quantitative estimate of drug-likeness (QED) is 0.809. The van der Waals surface area contributed by atoms with Crippen LogP contribution in [0.4, 0.5) is 0 Å². The summed E-state index contributed by atoms with van der Waals surface area (Å²) >= 11 is 0. The maximum atomic E-state index is 5.51. The predicted molar refractivity (Wildman–Crippen MR) is 74.3 cm³/mol. The van der Waals surface area contributed by atoms with Gasteiger partial charge in [0.05, 0.1) is 12.3 Å². The number of furan rings is 1. The Balaban J connectivity index is 2.10. The van der Waals surface area contributed by atoms with E-state index in [0.717, 1.165) is 18.6 Å². The number of rotatable bonds is 6. The van der Waals surface area contributed by atoms with Gasteiger partial charge in [-0.15, -0.1) is 0 Å². The van der Waals surface area contributed by atoms with Crippen molar-refractivity contribution in [1.82, 2.24) is 5.32 Å². The van der Waals surface area contributed by atoms with Gasteiger partial charge in [0.25, 0.3) is 0 Å². The van der Waals surface area contributed by atoms with Crippen LogP contribution >= 0.6 is 0 Å². The van der Waals surface area contributed by atoms with Crippen LogP contribution in [0.15, 0.2) is 53.1 Å². The Labute approximate surface area is 109 Å². The highest BCUT2D eigenvalue weighted by molar-refractivity contribution is 5.19. The number of nitrogens with one attached hydrogen (secondary N) is 1. The van der Waals surface area contributed by atoms with Crippen LogP contribution in [0.1, 0.15) is 50.1 Å². The van der Waals surface area contributed by atoms with Gasteiger partial charge in [-0.05, 0) is 30.5 Å². The summed E-state index contributed by atoms with van der Waals surface area (Å²) in [5.74, 6) is 1.02. The third kappa shape index (κ3) is 3.02.